The van der Waals surface area contributed by atoms with Crippen molar-refractivity contribution in [1.29, 1.82) is 0 Å². The third-order valence-electron chi connectivity index (χ3n) is 4.04. The fourth-order valence-electron chi connectivity index (χ4n) is 2.67. The van der Waals surface area contributed by atoms with Gasteiger partial charge in [0.2, 0.25) is 11.8 Å². The first-order valence-electron chi connectivity index (χ1n) is 8.54. The highest BCUT2D eigenvalue weighted by Crippen LogP contribution is 2.14. The van der Waals surface area contributed by atoms with Gasteiger partial charge in [-0.3, -0.25) is 9.59 Å². The van der Waals surface area contributed by atoms with Crippen molar-refractivity contribution in [3.05, 3.63) is 69.0 Å². The van der Waals surface area contributed by atoms with E-state index in [1.54, 1.807) is 12.1 Å². The third-order valence-corrected chi connectivity index (χ3v) is 5.10. The van der Waals surface area contributed by atoms with Crippen LogP contribution in [0, 0.1) is 9.39 Å². The molecule has 0 unspecified atom stereocenters. The van der Waals surface area contributed by atoms with Crippen LogP contribution in [0.5, 0.6) is 0 Å². The van der Waals surface area contributed by atoms with Crippen molar-refractivity contribution < 1.29 is 23.9 Å². The molecule has 0 saturated carbocycles. The Hall–Kier alpha value is -2.49. The first kappa shape index (κ1) is 21.8. The van der Waals surface area contributed by atoms with E-state index in [0.29, 0.717) is 5.56 Å². The summed E-state index contributed by atoms with van der Waals surface area (Å²) in [7, 11) is 0. The zero-order valence-corrected chi connectivity index (χ0v) is 17.3. The summed E-state index contributed by atoms with van der Waals surface area (Å²) in [6, 6.07) is 10.7. The van der Waals surface area contributed by atoms with Crippen LogP contribution in [0.3, 0.4) is 0 Å². The Labute approximate surface area is 175 Å². The quantitative estimate of drug-likeness (QED) is 0.487. The molecule has 3 N–H and O–H groups in total. The first-order valence-corrected chi connectivity index (χ1v) is 9.62. The number of nitrogens with one attached hydrogen (secondary N) is 2. The van der Waals surface area contributed by atoms with Crippen LogP contribution in [0.15, 0.2) is 48.5 Å². The Morgan fingerprint density at radius 1 is 1.00 bits per heavy atom. The van der Waals surface area contributed by atoms with Crippen molar-refractivity contribution in [2.45, 2.75) is 31.8 Å². The predicted molar refractivity (Wildman–Crippen MR) is 110 cm³/mol. The molecule has 148 valence electrons. The second kappa shape index (κ2) is 10.2. The third kappa shape index (κ3) is 6.59. The largest absolute Gasteiger partial charge is 0.480 e. The molecule has 0 spiro atoms. The van der Waals surface area contributed by atoms with Gasteiger partial charge in [0.15, 0.2) is 0 Å². The summed E-state index contributed by atoms with van der Waals surface area (Å²) in [5, 5.41) is 14.5. The molecule has 0 heterocycles. The number of carbonyl (C=O) groups excluding carboxylic acids is 2. The van der Waals surface area contributed by atoms with Crippen LogP contribution in [0.25, 0.3) is 0 Å². The molecular weight excluding hydrogens is 478 g/mol. The summed E-state index contributed by atoms with van der Waals surface area (Å²) in [5.41, 5.74) is 1.44. The fourth-order valence-corrected chi connectivity index (χ4v) is 3.27. The van der Waals surface area contributed by atoms with Crippen molar-refractivity contribution >= 4 is 40.4 Å². The molecule has 6 nitrogen and oxygen atoms in total. The highest BCUT2D eigenvalue weighted by atomic mass is 127. The molecule has 0 aromatic heterocycles. The molecule has 0 saturated heterocycles. The molecule has 2 aromatic rings. The number of carboxylic acids is 1. The highest BCUT2D eigenvalue weighted by molar-refractivity contribution is 14.1. The molecule has 2 amide bonds. The predicted octanol–water partition coefficient (Wildman–Crippen LogP) is 2.29. The monoisotopic (exact) mass is 498 g/mol. The Bertz CT molecular complexity index is 858. The zero-order valence-electron chi connectivity index (χ0n) is 15.1. The molecule has 0 aliphatic heterocycles. The molecule has 8 heteroatoms. The van der Waals surface area contributed by atoms with E-state index in [2.05, 4.69) is 33.2 Å². The van der Waals surface area contributed by atoms with Gasteiger partial charge in [-0.15, -0.1) is 0 Å². The summed E-state index contributed by atoms with van der Waals surface area (Å²) in [5.74, 6) is -2.62. The number of aliphatic carboxylic acids is 1. The Balaban J connectivity index is 2.14. The highest BCUT2D eigenvalue weighted by Gasteiger charge is 2.26. The van der Waals surface area contributed by atoms with Gasteiger partial charge >= 0.3 is 5.97 Å². The lowest BCUT2D eigenvalue weighted by molar-refractivity contribution is -0.142. The van der Waals surface area contributed by atoms with Gasteiger partial charge in [0.1, 0.15) is 17.9 Å². The van der Waals surface area contributed by atoms with Crippen LogP contribution < -0.4 is 10.6 Å². The number of amides is 2. The molecule has 0 fully saturated rings. The first-order chi connectivity index (χ1) is 13.3. The van der Waals surface area contributed by atoms with Gasteiger partial charge in [-0.1, -0.05) is 30.3 Å². The molecule has 2 aromatic carbocycles. The Morgan fingerprint density at radius 2 is 1.64 bits per heavy atom. The van der Waals surface area contributed by atoms with Gasteiger partial charge in [-0.2, -0.15) is 0 Å². The molecule has 0 bridgehead atoms. The second-order valence-electron chi connectivity index (χ2n) is 6.28. The molecule has 0 aliphatic rings. The van der Waals surface area contributed by atoms with Crippen LogP contribution in [0.2, 0.25) is 0 Å². The van der Waals surface area contributed by atoms with Gasteiger partial charge in [0.25, 0.3) is 0 Å². The summed E-state index contributed by atoms with van der Waals surface area (Å²) in [4.78, 5) is 35.8. The molecule has 0 radical (unpaired) electrons. The fraction of sp³-hybridized carbons (Fsp3) is 0.250. The second-order valence-corrected chi connectivity index (χ2v) is 7.44. The van der Waals surface area contributed by atoms with Crippen molar-refractivity contribution in [3.63, 3.8) is 0 Å². The van der Waals surface area contributed by atoms with Gasteiger partial charge in [0, 0.05) is 23.3 Å². The molecule has 28 heavy (non-hydrogen) atoms. The number of hydrogen-bond acceptors (Lipinski definition) is 3. The minimum Gasteiger partial charge on any atom is -0.480 e. The van der Waals surface area contributed by atoms with Crippen LogP contribution in [-0.2, 0) is 27.2 Å². The maximum absolute atomic E-state index is 13.1. The molecule has 0 aliphatic carbocycles. The summed E-state index contributed by atoms with van der Waals surface area (Å²) in [6.07, 6.45) is 0.227. The standard InChI is InChI=1S/C20H20FIN2O4/c1-12(25)23-17(10-13-6-8-15(21)9-7-13)19(26)24-18(20(27)28)11-14-4-2-3-5-16(14)22/h2-9,17-18H,10-11H2,1H3,(H,23,25)(H,24,26)(H,27,28)/t17-,18-/m0/s1. The minimum atomic E-state index is -1.17. The topological polar surface area (TPSA) is 95.5 Å². The lowest BCUT2D eigenvalue weighted by atomic mass is 10.0. The number of hydrogen-bond donors (Lipinski definition) is 3. The number of carboxylic acid groups (broad SMARTS) is 1. The van der Waals surface area contributed by atoms with Crippen LogP contribution >= 0.6 is 22.6 Å². The van der Waals surface area contributed by atoms with Gasteiger partial charge in [-0.05, 0) is 51.9 Å². The van der Waals surface area contributed by atoms with Crippen molar-refractivity contribution in [2.75, 3.05) is 0 Å². The maximum Gasteiger partial charge on any atom is 0.326 e. The van der Waals surface area contributed by atoms with Crippen LogP contribution in [-0.4, -0.2) is 35.0 Å². The van der Waals surface area contributed by atoms with Crippen LogP contribution in [0.4, 0.5) is 4.39 Å². The van der Waals surface area contributed by atoms with Gasteiger partial charge < -0.3 is 15.7 Å². The average Bonchev–Trinajstić information content (AvgIpc) is 2.63. The normalized spacial score (nSPS) is 12.7. The van der Waals surface area contributed by atoms with Crippen molar-refractivity contribution in [3.8, 4) is 0 Å². The van der Waals surface area contributed by atoms with Crippen LogP contribution in [0.1, 0.15) is 18.1 Å². The van der Waals surface area contributed by atoms with Gasteiger partial charge in [-0.25, -0.2) is 9.18 Å². The van der Waals surface area contributed by atoms with E-state index in [1.807, 2.05) is 12.1 Å². The Morgan fingerprint density at radius 3 is 2.21 bits per heavy atom. The van der Waals surface area contributed by atoms with E-state index in [1.165, 1.54) is 31.2 Å². The van der Waals surface area contributed by atoms with E-state index in [-0.39, 0.29) is 12.8 Å². The smallest absolute Gasteiger partial charge is 0.326 e. The number of rotatable bonds is 8. The minimum absolute atomic E-state index is 0.112. The van der Waals surface area contributed by atoms with E-state index in [0.717, 1.165) is 9.13 Å². The number of benzene rings is 2. The zero-order chi connectivity index (χ0) is 20.7. The molecular formula is C20H20FIN2O4. The summed E-state index contributed by atoms with van der Waals surface area (Å²) < 4.78 is 14.0. The van der Waals surface area contributed by atoms with E-state index >= 15 is 0 Å². The van der Waals surface area contributed by atoms with E-state index in [9.17, 15) is 23.9 Å². The lowest BCUT2D eigenvalue weighted by Gasteiger charge is -2.21. The number of halogens is 2. The SMILES string of the molecule is CC(=O)N[C@@H](Cc1ccc(F)cc1)C(=O)N[C@@H](Cc1ccccc1I)C(=O)O. The van der Waals surface area contributed by atoms with E-state index < -0.39 is 35.7 Å². The van der Waals surface area contributed by atoms with Crippen molar-refractivity contribution in [1.82, 2.24) is 10.6 Å². The summed E-state index contributed by atoms with van der Waals surface area (Å²) >= 11 is 2.10. The maximum atomic E-state index is 13.1. The molecule has 2 atom stereocenters. The van der Waals surface area contributed by atoms with E-state index in [4.69, 9.17) is 0 Å². The lowest BCUT2D eigenvalue weighted by Crippen LogP contribution is -2.52. The average molecular weight is 498 g/mol. The van der Waals surface area contributed by atoms with Crippen molar-refractivity contribution in [2.24, 2.45) is 0 Å². The summed E-state index contributed by atoms with van der Waals surface area (Å²) in [6.45, 7) is 1.27. The Kier molecular flexibility index (Phi) is 7.91. The van der Waals surface area contributed by atoms with Gasteiger partial charge in [0.05, 0.1) is 0 Å². The number of carbonyl (C=O) groups is 3. The molecule has 2 rings (SSSR count).